The smallest absolute Gasteiger partial charge is 0.313 e. The molecule has 0 spiro atoms. The number of ether oxygens (including phenoxy) is 1. The summed E-state index contributed by atoms with van der Waals surface area (Å²) >= 11 is 1.22. The van der Waals surface area contributed by atoms with Gasteiger partial charge in [0, 0.05) is 6.54 Å². The minimum absolute atomic E-state index is 0.0125. The molecular formula is C15H18N2O3S. The number of carbonyl (C=O) groups is 1. The Balaban J connectivity index is 2.46. The number of hydrogen-bond acceptors (Lipinski definition) is 4. The molecule has 112 valence electrons. The van der Waals surface area contributed by atoms with E-state index in [1.807, 2.05) is 35.8 Å². The molecule has 0 amide bonds. The van der Waals surface area contributed by atoms with Crippen molar-refractivity contribution < 1.29 is 14.6 Å². The van der Waals surface area contributed by atoms with Gasteiger partial charge in [0.15, 0.2) is 5.16 Å². The highest BCUT2D eigenvalue weighted by atomic mass is 32.2. The molecular weight excluding hydrogens is 288 g/mol. The highest BCUT2D eigenvalue weighted by molar-refractivity contribution is 7.99. The number of carboxylic acid groups (broad SMARTS) is 1. The fraction of sp³-hybridized carbons (Fsp3) is 0.333. The molecule has 21 heavy (non-hydrogen) atoms. The number of fused-ring (bicyclic) bond motifs is 1. The third-order valence-corrected chi connectivity index (χ3v) is 3.85. The maximum Gasteiger partial charge on any atom is 0.313 e. The number of para-hydroxylation sites is 1. The molecule has 1 aromatic heterocycles. The first-order valence-corrected chi connectivity index (χ1v) is 7.73. The molecule has 2 rings (SSSR count). The highest BCUT2D eigenvalue weighted by Crippen LogP contribution is 2.30. The van der Waals surface area contributed by atoms with E-state index in [4.69, 9.17) is 9.84 Å². The average molecular weight is 306 g/mol. The van der Waals surface area contributed by atoms with Crippen LogP contribution in [0.2, 0.25) is 0 Å². The van der Waals surface area contributed by atoms with Gasteiger partial charge < -0.3 is 14.4 Å². The van der Waals surface area contributed by atoms with Crippen LogP contribution in [0, 0.1) is 0 Å². The SMILES string of the molecule is C=CCCn1c(SCC(=O)O)nc2c(OCC)cccc21. The van der Waals surface area contributed by atoms with Gasteiger partial charge in [0.05, 0.1) is 17.9 Å². The van der Waals surface area contributed by atoms with E-state index >= 15 is 0 Å². The third-order valence-electron chi connectivity index (χ3n) is 2.89. The number of benzene rings is 1. The normalized spacial score (nSPS) is 10.7. The van der Waals surface area contributed by atoms with E-state index in [1.165, 1.54) is 11.8 Å². The molecule has 0 aliphatic rings. The molecule has 6 heteroatoms. The van der Waals surface area contributed by atoms with Gasteiger partial charge in [0.1, 0.15) is 11.3 Å². The molecule has 5 nitrogen and oxygen atoms in total. The molecule has 0 bridgehead atoms. The third kappa shape index (κ3) is 3.58. The number of hydrogen-bond donors (Lipinski definition) is 1. The van der Waals surface area contributed by atoms with Crippen molar-refractivity contribution in [3.05, 3.63) is 30.9 Å². The fourth-order valence-corrected chi connectivity index (χ4v) is 2.80. The van der Waals surface area contributed by atoms with E-state index in [2.05, 4.69) is 11.6 Å². The van der Waals surface area contributed by atoms with E-state index in [9.17, 15) is 4.79 Å². The largest absolute Gasteiger partial charge is 0.492 e. The quantitative estimate of drug-likeness (QED) is 0.599. The lowest BCUT2D eigenvalue weighted by molar-refractivity contribution is -0.133. The van der Waals surface area contributed by atoms with Crippen LogP contribution in [-0.4, -0.2) is 33.0 Å². The molecule has 0 aliphatic heterocycles. The lowest BCUT2D eigenvalue weighted by atomic mass is 10.3. The number of carboxylic acids is 1. The summed E-state index contributed by atoms with van der Waals surface area (Å²) in [5.74, 6) is -0.140. The van der Waals surface area contributed by atoms with Crippen LogP contribution in [0.1, 0.15) is 13.3 Å². The number of imidazole rings is 1. The summed E-state index contributed by atoms with van der Waals surface area (Å²) in [5, 5.41) is 9.55. The second kappa shape index (κ2) is 7.17. The summed E-state index contributed by atoms with van der Waals surface area (Å²) in [7, 11) is 0. The van der Waals surface area contributed by atoms with Crippen LogP contribution in [0.15, 0.2) is 36.0 Å². The van der Waals surface area contributed by atoms with Crippen LogP contribution in [-0.2, 0) is 11.3 Å². The van der Waals surface area contributed by atoms with Gasteiger partial charge in [0.2, 0.25) is 0 Å². The number of aromatic nitrogens is 2. The topological polar surface area (TPSA) is 64.4 Å². The second-order valence-electron chi connectivity index (χ2n) is 4.36. The van der Waals surface area contributed by atoms with Crippen molar-refractivity contribution in [1.82, 2.24) is 9.55 Å². The minimum Gasteiger partial charge on any atom is -0.492 e. The number of rotatable bonds is 8. The molecule has 1 N–H and O–H groups in total. The Morgan fingerprint density at radius 3 is 3.05 bits per heavy atom. The first-order valence-electron chi connectivity index (χ1n) is 6.75. The van der Waals surface area contributed by atoms with Crippen LogP contribution in [0.25, 0.3) is 11.0 Å². The average Bonchev–Trinajstić information content (AvgIpc) is 2.82. The molecule has 0 atom stereocenters. The van der Waals surface area contributed by atoms with Gasteiger partial charge in [0.25, 0.3) is 0 Å². The molecule has 0 fully saturated rings. The highest BCUT2D eigenvalue weighted by Gasteiger charge is 2.15. The maximum absolute atomic E-state index is 10.8. The van der Waals surface area contributed by atoms with Gasteiger partial charge in [-0.2, -0.15) is 0 Å². The summed E-state index contributed by atoms with van der Waals surface area (Å²) in [4.78, 5) is 15.3. The lowest BCUT2D eigenvalue weighted by Gasteiger charge is -2.07. The monoisotopic (exact) mass is 306 g/mol. The van der Waals surface area contributed by atoms with Crippen molar-refractivity contribution in [3.8, 4) is 5.75 Å². The summed E-state index contributed by atoms with van der Waals surface area (Å²) in [6.45, 7) is 6.94. The lowest BCUT2D eigenvalue weighted by Crippen LogP contribution is -2.03. The first-order chi connectivity index (χ1) is 10.2. The number of nitrogens with zero attached hydrogens (tertiary/aromatic N) is 2. The van der Waals surface area contributed by atoms with E-state index in [0.29, 0.717) is 11.8 Å². The number of allylic oxidation sites excluding steroid dienone is 1. The van der Waals surface area contributed by atoms with Gasteiger partial charge in [-0.25, -0.2) is 4.98 Å². The predicted octanol–water partition coefficient (Wildman–Crippen LogP) is 3.19. The van der Waals surface area contributed by atoms with Gasteiger partial charge in [-0.1, -0.05) is 23.9 Å². The van der Waals surface area contributed by atoms with E-state index in [0.717, 1.165) is 29.7 Å². The summed E-state index contributed by atoms with van der Waals surface area (Å²) in [6, 6.07) is 5.77. The summed E-state index contributed by atoms with van der Waals surface area (Å²) < 4.78 is 7.62. The molecule has 2 aromatic rings. The maximum atomic E-state index is 10.8. The zero-order valence-electron chi connectivity index (χ0n) is 11.9. The molecule has 1 heterocycles. The second-order valence-corrected chi connectivity index (χ2v) is 5.31. The van der Waals surface area contributed by atoms with Crippen LogP contribution in [0.5, 0.6) is 5.75 Å². The number of aryl methyl sites for hydroxylation is 1. The van der Waals surface area contributed by atoms with E-state index < -0.39 is 5.97 Å². The number of thioether (sulfide) groups is 1. The van der Waals surface area contributed by atoms with Gasteiger partial charge in [-0.15, -0.1) is 6.58 Å². The van der Waals surface area contributed by atoms with Crippen molar-refractivity contribution in [2.45, 2.75) is 25.0 Å². The predicted molar refractivity (Wildman–Crippen MR) is 84.1 cm³/mol. The Morgan fingerprint density at radius 1 is 1.57 bits per heavy atom. The molecule has 1 aromatic carbocycles. The van der Waals surface area contributed by atoms with Crippen molar-refractivity contribution in [1.29, 1.82) is 0 Å². The van der Waals surface area contributed by atoms with Gasteiger partial charge in [-0.05, 0) is 25.5 Å². The van der Waals surface area contributed by atoms with Crippen LogP contribution < -0.4 is 4.74 Å². The Morgan fingerprint density at radius 2 is 2.38 bits per heavy atom. The minimum atomic E-state index is -0.854. The fourth-order valence-electron chi connectivity index (χ4n) is 2.04. The Kier molecular flexibility index (Phi) is 5.27. The summed E-state index contributed by atoms with van der Waals surface area (Å²) in [5.41, 5.74) is 1.73. The van der Waals surface area contributed by atoms with Crippen LogP contribution in [0.3, 0.4) is 0 Å². The van der Waals surface area contributed by atoms with Crippen molar-refractivity contribution in [3.63, 3.8) is 0 Å². The molecule has 0 saturated heterocycles. The molecule has 0 radical (unpaired) electrons. The van der Waals surface area contributed by atoms with Crippen LogP contribution >= 0.6 is 11.8 Å². The standard InChI is InChI=1S/C15H18N2O3S/c1-3-5-9-17-11-7-6-8-12(20-4-2)14(11)16-15(17)21-10-13(18)19/h3,6-8H,1,4-5,9-10H2,2H3,(H,18,19). The van der Waals surface area contributed by atoms with Crippen molar-refractivity contribution >= 4 is 28.8 Å². The zero-order chi connectivity index (χ0) is 15.2. The Bertz CT molecular complexity index is 652. The number of aliphatic carboxylic acids is 1. The Hall–Kier alpha value is -1.95. The van der Waals surface area contributed by atoms with Crippen LogP contribution in [0.4, 0.5) is 0 Å². The molecule has 0 saturated carbocycles. The van der Waals surface area contributed by atoms with Gasteiger partial charge >= 0.3 is 5.97 Å². The molecule has 0 aliphatic carbocycles. The zero-order valence-corrected chi connectivity index (χ0v) is 12.7. The Labute approximate surface area is 127 Å². The summed E-state index contributed by atoms with van der Waals surface area (Å²) in [6.07, 6.45) is 2.63. The first kappa shape index (κ1) is 15.4. The van der Waals surface area contributed by atoms with E-state index in [-0.39, 0.29) is 5.75 Å². The van der Waals surface area contributed by atoms with Crippen molar-refractivity contribution in [2.75, 3.05) is 12.4 Å². The van der Waals surface area contributed by atoms with E-state index in [1.54, 1.807) is 0 Å². The van der Waals surface area contributed by atoms with Gasteiger partial charge in [-0.3, -0.25) is 4.79 Å². The van der Waals surface area contributed by atoms with Crippen molar-refractivity contribution in [2.24, 2.45) is 0 Å². The molecule has 0 unspecified atom stereocenters.